The van der Waals surface area contributed by atoms with E-state index in [0.717, 1.165) is 54.4 Å². The fourth-order valence-corrected chi connectivity index (χ4v) is 5.68. The number of carbonyl (C=O) groups is 3. The number of amides is 2. The molecule has 0 radical (unpaired) electrons. The Morgan fingerprint density at radius 3 is 2.23 bits per heavy atom. The van der Waals surface area contributed by atoms with E-state index in [0.29, 0.717) is 12.3 Å². The van der Waals surface area contributed by atoms with Crippen molar-refractivity contribution in [3.63, 3.8) is 0 Å². The largest absolute Gasteiger partial charge is 0.481 e. The predicted octanol–water partition coefficient (Wildman–Crippen LogP) is 4.45. The topological polar surface area (TPSA) is 105 Å². The van der Waals surface area contributed by atoms with Crippen LogP contribution in [0.1, 0.15) is 62.0 Å². The molecule has 0 aliphatic heterocycles. The summed E-state index contributed by atoms with van der Waals surface area (Å²) in [6.07, 6.45) is 4.61. The first-order chi connectivity index (χ1) is 17.0. The van der Waals surface area contributed by atoms with Crippen LogP contribution in [0.4, 0.5) is 4.79 Å². The lowest BCUT2D eigenvalue weighted by Gasteiger charge is -2.24. The molecular formula is C28H32N2O5. The summed E-state index contributed by atoms with van der Waals surface area (Å²) in [4.78, 5) is 37.1. The average Bonchev–Trinajstić information content (AvgIpc) is 3.48. The first-order valence-electron chi connectivity index (χ1n) is 12.6. The van der Waals surface area contributed by atoms with Gasteiger partial charge in [0.05, 0.1) is 6.42 Å². The van der Waals surface area contributed by atoms with Gasteiger partial charge in [-0.2, -0.15) is 0 Å². The summed E-state index contributed by atoms with van der Waals surface area (Å²) in [5, 5.41) is 15.0. The van der Waals surface area contributed by atoms with Crippen LogP contribution < -0.4 is 10.6 Å². The molecule has 5 rings (SSSR count). The van der Waals surface area contributed by atoms with E-state index in [2.05, 4.69) is 34.9 Å². The first kappa shape index (κ1) is 23.4. The molecule has 7 heteroatoms. The summed E-state index contributed by atoms with van der Waals surface area (Å²) in [5.74, 6) is -0.764. The van der Waals surface area contributed by atoms with Crippen LogP contribution in [0.25, 0.3) is 11.1 Å². The number of carboxylic acids is 1. The number of fused-ring (bicyclic) bond motifs is 3. The Hall–Kier alpha value is -3.35. The van der Waals surface area contributed by atoms with Crippen molar-refractivity contribution in [3.05, 3.63) is 59.7 Å². The fraction of sp³-hybridized carbons (Fsp3) is 0.464. The zero-order valence-corrected chi connectivity index (χ0v) is 19.7. The Morgan fingerprint density at radius 2 is 1.60 bits per heavy atom. The van der Waals surface area contributed by atoms with E-state index in [-0.39, 0.29) is 36.8 Å². The molecule has 184 valence electrons. The van der Waals surface area contributed by atoms with Gasteiger partial charge in [0, 0.05) is 12.0 Å². The molecule has 7 nitrogen and oxygen atoms in total. The molecule has 0 bridgehead atoms. The fourth-order valence-electron chi connectivity index (χ4n) is 5.68. The minimum Gasteiger partial charge on any atom is -0.481 e. The number of hydrogen-bond acceptors (Lipinski definition) is 4. The quantitative estimate of drug-likeness (QED) is 0.496. The number of alkyl carbamates (subject to hydrolysis) is 1. The average molecular weight is 477 g/mol. The van der Waals surface area contributed by atoms with Crippen molar-refractivity contribution in [2.45, 2.75) is 62.9 Å². The number of benzene rings is 2. The van der Waals surface area contributed by atoms with E-state index in [4.69, 9.17) is 9.84 Å². The van der Waals surface area contributed by atoms with Crippen molar-refractivity contribution in [2.75, 3.05) is 6.61 Å². The molecule has 0 heterocycles. The second-order valence-electron chi connectivity index (χ2n) is 10.1. The number of nitrogens with one attached hydrogen (secondary N) is 2. The van der Waals surface area contributed by atoms with Gasteiger partial charge in [-0.05, 0) is 53.4 Å². The van der Waals surface area contributed by atoms with Gasteiger partial charge in [0.25, 0.3) is 0 Å². The van der Waals surface area contributed by atoms with Crippen molar-refractivity contribution in [1.82, 2.24) is 10.6 Å². The summed E-state index contributed by atoms with van der Waals surface area (Å²) in [7, 11) is 0. The Kier molecular flexibility index (Phi) is 6.75. The Labute approximate surface area is 205 Å². The van der Waals surface area contributed by atoms with Crippen LogP contribution in [0.5, 0.6) is 0 Å². The molecule has 0 aromatic heterocycles. The van der Waals surface area contributed by atoms with E-state index in [1.807, 2.05) is 24.3 Å². The van der Waals surface area contributed by atoms with E-state index >= 15 is 0 Å². The van der Waals surface area contributed by atoms with Crippen molar-refractivity contribution in [3.8, 4) is 11.1 Å². The lowest BCUT2D eigenvalue weighted by Crippen LogP contribution is -2.51. The Balaban J connectivity index is 1.21. The highest BCUT2D eigenvalue weighted by atomic mass is 16.5. The van der Waals surface area contributed by atoms with Crippen LogP contribution in [0.2, 0.25) is 0 Å². The lowest BCUT2D eigenvalue weighted by molar-refractivity contribution is -0.138. The third-order valence-electron chi connectivity index (χ3n) is 7.64. The summed E-state index contributed by atoms with van der Waals surface area (Å²) in [6.45, 7) is 0.195. The molecule has 3 atom stereocenters. The van der Waals surface area contributed by atoms with Crippen LogP contribution in [0.3, 0.4) is 0 Å². The van der Waals surface area contributed by atoms with Gasteiger partial charge in [-0.1, -0.05) is 67.8 Å². The van der Waals surface area contributed by atoms with Gasteiger partial charge in [0.15, 0.2) is 0 Å². The molecule has 2 saturated carbocycles. The molecule has 2 aromatic rings. The zero-order chi connectivity index (χ0) is 24.4. The third kappa shape index (κ3) is 5.34. The highest BCUT2D eigenvalue weighted by Crippen LogP contribution is 2.44. The molecule has 35 heavy (non-hydrogen) atoms. The molecule has 3 N–H and O–H groups in total. The molecule has 2 aromatic carbocycles. The van der Waals surface area contributed by atoms with Crippen LogP contribution in [0.15, 0.2) is 48.5 Å². The standard InChI is InChI=1S/C28H32N2O5/c31-26(32)15-18-6-5-11-24(18)29-27(33)25(14-17-12-13-17)30-28(34)35-16-23-21-9-3-1-7-19(21)20-8-2-4-10-22(20)23/h1-4,7-10,17-18,23-25H,5-6,11-16H2,(H,29,33)(H,30,34)(H,31,32)/t18-,24+,25-/m0/s1. The SMILES string of the molecule is O=C(O)C[C@@H]1CCC[C@H]1NC(=O)[C@H](CC1CC1)NC(=O)OCC1c2ccccc2-c2ccccc21. The minimum atomic E-state index is -0.845. The summed E-state index contributed by atoms with van der Waals surface area (Å²) < 4.78 is 5.66. The minimum absolute atomic E-state index is 0.0425. The van der Waals surface area contributed by atoms with Gasteiger partial charge in [-0.3, -0.25) is 9.59 Å². The van der Waals surface area contributed by atoms with Gasteiger partial charge in [-0.25, -0.2) is 4.79 Å². The number of carbonyl (C=O) groups excluding carboxylic acids is 2. The summed E-state index contributed by atoms with van der Waals surface area (Å²) in [5.41, 5.74) is 4.60. The molecule has 0 saturated heterocycles. The van der Waals surface area contributed by atoms with Gasteiger partial charge in [0.2, 0.25) is 5.91 Å². The monoisotopic (exact) mass is 476 g/mol. The van der Waals surface area contributed by atoms with E-state index < -0.39 is 18.1 Å². The van der Waals surface area contributed by atoms with Crippen molar-refractivity contribution in [2.24, 2.45) is 11.8 Å². The van der Waals surface area contributed by atoms with Crippen LogP contribution in [-0.2, 0) is 14.3 Å². The highest BCUT2D eigenvalue weighted by molar-refractivity contribution is 5.86. The summed E-state index contributed by atoms with van der Waals surface area (Å²) in [6, 6.07) is 15.5. The Bertz CT molecular complexity index is 1070. The van der Waals surface area contributed by atoms with Gasteiger partial charge < -0.3 is 20.5 Å². The van der Waals surface area contributed by atoms with E-state index in [9.17, 15) is 14.4 Å². The zero-order valence-electron chi connectivity index (χ0n) is 19.7. The van der Waals surface area contributed by atoms with Crippen LogP contribution in [0, 0.1) is 11.8 Å². The number of rotatable bonds is 9. The number of aliphatic carboxylic acids is 1. The van der Waals surface area contributed by atoms with E-state index in [1.165, 1.54) is 0 Å². The van der Waals surface area contributed by atoms with Gasteiger partial charge in [-0.15, -0.1) is 0 Å². The second kappa shape index (κ2) is 10.1. The molecule has 2 fully saturated rings. The highest BCUT2D eigenvalue weighted by Gasteiger charge is 2.36. The van der Waals surface area contributed by atoms with Gasteiger partial charge in [0.1, 0.15) is 12.6 Å². The smallest absolute Gasteiger partial charge is 0.407 e. The molecular weight excluding hydrogens is 444 g/mol. The number of ether oxygens (including phenoxy) is 1. The first-order valence-corrected chi connectivity index (χ1v) is 12.6. The maximum atomic E-state index is 13.1. The van der Waals surface area contributed by atoms with Crippen molar-refractivity contribution >= 4 is 18.0 Å². The van der Waals surface area contributed by atoms with Crippen LogP contribution in [-0.4, -0.2) is 41.8 Å². The van der Waals surface area contributed by atoms with Crippen LogP contribution >= 0.6 is 0 Å². The lowest BCUT2D eigenvalue weighted by atomic mass is 9.98. The molecule has 3 aliphatic carbocycles. The molecule has 0 spiro atoms. The predicted molar refractivity (Wildman–Crippen MR) is 131 cm³/mol. The normalized spacial score (nSPS) is 21.6. The van der Waals surface area contributed by atoms with Crippen molar-refractivity contribution in [1.29, 1.82) is 0 Å². The second-order valence-corrected chi connectivity index (χ2v) is 10.1. The summed E-state index contributed by atoms with van der Waals surface area (Å²) >= 11 is 0. The third-order valence-corrected chi connectivity index (χ3v) is 7.64. The number of carboxylic acid groups (broad SMARTS) is 1. The Morgan fingerprint density at radius 1 is 0.943 bits per heavy atom. The maximum Gasteiger partial charge on any atom is 0.407 e. The van der Waals surface area contributed by atoms with Gasteiger partial charge >= 0.3 is 12.1 Å². The molecule has 2 amide bonds. The van der Waals surface area contributed by atoms with Crippen molar-refractivity contribution < 1.29 is 24.2 Å². The van der Waals surface area contributed by atoms with E-state index in [1.54, 1.807) is 0 Å². The number of hydrogen-bond donors (Lipinski definition) is 3. The molecule has 0 unspecified atom stereocenters. The molecule has 3 aliphatic rings. The maximum absolute atomic E-state index is 13.1.